The molecule has 0 saturated heterocycles. The molecule has 0 saturated carbocycles. The number of hydrogen-bond acceptors (Lipinski definition) is 3. The van der Waals surface area contributed by atoms with E-state index in [1.54, 1.807) is 14.2 Å². The summed E-state index contributed by atoms with van der Waals surface area (Å²) < 4.78 is 15.0. The van der Waals surface area contributed by atoms with Crippen LogP contribution in [0.15, 0.2) is 0 Å². The first-order valence-corrected chi connectivity index (χ1v) is 4.43. The predicted octanol–water partition coefficient (Wildman–Crippen LogP) is 0.423. The van der Waals surface area contributed by atoms with E-state index in [4.69, 9.17) is 13.3 Å². The minimum absolute atomic E-state index is 0.735. The van der Waals surface area contributed by atoms with Gasteiger partial charge in [-0.05, 0) is 6.42 Å². The molecule has 0 amide bonds. The SMILES string of the molecule is CCCO[SiH](OC)OC. The van der Waals surface area contributed by atoms with Gasteiger partial charge in [0.25, 0.3) is 0 Å². The summed E-state index contributed by atoms with van der Waals surface area (Å²) in [5.74, 6) is 0. The first-order valence-electron chi connectivity index (χ1n) is 3.02. The largest absolute Gasteiger partial charge is 0.483 e. The fourth-order valence-electron chi connectivity index (χ4n) is 0.446. The molecule has 0 aromatic rings. The van der Waals surface area contributed by atoms with E-state index in [1.165, 1.54) is 0 Å². The third kappa shape index (κ3) is 4.59. The van der Waals surface area contributed by atoms with Gasteiger partial charge in [-0.2, -0.15) is 0 Å². The Morgan fingerprint density at radius 3 is 2.11 bits per heavy atom. The molecule has 0 aliphatic rings. The van der Waals surface area contributed by atoms with Crippen molar-refractivity contribution in [1.29, 1.82) is 0 Å². The molecule has 3 nitrogen and oxygen atoms in total. The van der Waals surface area contributed by atoms with Crippen LogP contribution in [0.3, 0.4) is 0 Å². The smallest absolute Gasteiger partial charge is 0.379 e. The summed E-state index contributed by atoms with van der Waals surface area (Å²) in [6.45, 7) is 2.79. The first kappa shape index (κ1) is 9.10. The lowest BCUT2D eigenvalue weighted by molar-refractivity contribution is 0.135. The summed E-state index contributed by atoms with van der Waals surface area (Å²) in [6, 6.07) is 0. The Morgan fingerprint density at radius 1 is 1.22 bits per heavy atom. The van der Waals surface area contributed by atoms with Crippen LogP contribution in [0.25, 0.3) is 0 Å². The van der Waals surface area contributed by atoms with Gasteiger partial charge in [0.2, 0.25) is 0 Å². The Bertz CT molecular complexity index is 56.2. The Kier molecular flexibility index (Phi) is 6.29. The summed E-state index contributed by atoms with van der Waals surface area (Å²) in [7, 11) is 1.50. The standard InChI is InChI=1S/C5H14O3Si/c1-4-5-8-9(6-2)7-3/h9H,4-5H2,1-3H3. The first-order chi connectivity index (χ1) is 4.35. The lowest BCUT2D eigenvalue weighted by Crippen LogP contribution is -2.24. The Hall–Kier alpha value is 0.0969. The molecule has 56 valence electrons. The monoisotopic (exact) mass is 150 g/mol. The Balaban J connectivity index is 3.09. The zero-order chi connectivity index (χ0) is 7.11. The maximum atomic E-state index is 5.18. The van der Waals surface area contributed by atoms with E-state index in [2.05, 4.69) is 6.92 Å². The summed E-state index contributed by atoms with van der Waals surface area (Å²) in [5.41, 5.74) is 0. The molecular formula is C5H14O3Si. The molecule has 0 aliphatic carbocycles. The fraction of sp³-hybridized carbons (Fsp3) is 1.00. The van der Waals surface area contributed by atoms with Gasteiger partial charge in [-0.25, -0.2) is 0 Å². The highest BCUT2D eigenvalue weighted by atomic mass is 28.3. The van der Waals surface area contributed by atoms with Gasteiger partial charge in [0, 0.05) is 20.8 Å². The maximum absolute atomic E-state index is 5.18. The zero-order valence-corrected chi connectivity index (χ0v) is 7.37. The fourth-order valence-corrected chi connectivity index (χ4v) is 1.34. The molecule has 9 heavy (non-hydrogen) atoms. The van der Waals surface area contributed by atoms with Gasteiger partial charge in [0.15, 0.2) is 0 Å². The van der Waals surface area contributed by atoms with Crippen LogP contribution in [0, 0.1) is 0 Å². The second kappa shape index (κ2) is 6.22. The van der Waals surface area contributed by atoms with Gasteiger partial charge in [-0.3, -0.25) is 0 Å². The van der Waals surface area contributed by atoms with Crippen molar-refractivity contribution in [2.75, 3.05) is 20.8 Å². The molecule has 0 spiro atoms. The van der Waals surface area contributed by atoms with Crippen LogP contribution >= 0.6 is 0 Å². The van der Waals surface area contributed by atoms with Gasteiger partial charge in [-0.15, -0.1) is 0 Å². The van der Waals surface area contributed by atoms with Crippen molar-refractivity contribution in [2.45, 2.75) is 13.3 Å². The van der Waals surface area contributed by atoms with Gasteiger partial charge in [-0.1, -0.05) is 6.92 Å². The van der Waals surface area contributed by atoms with Gasteiger partial charge >= 0.3 is 9.53 Å². The minimum Gasteiger partial charge on any atom is -0.379 e. The van der Waals surface area contributed by atoms with Crippen molar-refractivity contribution < 1.29 is 13.3 Å². The van der Waals surface area contributed by atoms with E-state index < -0.39 is 9.53 Å². The van der Waals surface area contributed by atoms with Crippen molar-refractivity contribution in [3.05, 3.63) is 0 Å². The van der Waals surface area contributed by atoms with Gasteiger partial charge < -0.3 is 13.3 Å². The van der Waals surface area contributed by atoms with Crippen molar-refractivity contribution >= 4 is 9.53 Å². The zero-order valence-electron chi connectivity index (χ0n) is 6.22. The average Bonchev–Trinajstić information content (AvgIpc) is 1.91. The van der Waals surface area contributed by atoms with E-state index in [0.717, 1.165) is 13.0 Å². The summed E-state index contributed by atoms with van der Waals surface area (Å²) in [6.07, 6.45) is 1.01. The second-order valence-electron chi connectivity index (χ2n) is 1.63. The molecular weight excluding hydrogens is 136 g/mol. The highest BCUT2D eigenvalue weighted by Crippen LogP contribution is 1.88. The van der Waals surface area contributed by atoms with E-state index >= 15 is 0 Å². The quantitative estimate of drug-likeness (QED) is 0.532. The van der Waals surface area contributed by atoms with Gasteiger partial charge in [0.05, 0.1) is 0 Å². The molecule has 0 unspecified atom stereocenters. The van der Waals surface area contributed by atoms with E-state index in [9.17, 15) is 0 Å². The number of rotatable bonds is 5. The van der Waals surface area contributed by atoms with Crippen molar-refractivity contribution in [3.63, 3.8) is 0 Å². The van der Waals surface area contributed by atoms with E-state index in [1.807, 2.05) is 0 Å². The highest BCUT2D eigenvalue weighted by molar-refractivity contribution is 6.36. The lowest BCUT2D eigenvalue weighted by Gasteiger charge is -2.09. The number of hydrogen-bond donors (Lipinski definition) is 0. The van der Waals surface area contributed by atoms with Crippen LogP contribution in [0.2, 0.25) is 0 Å². The van der Waals surface area contributed by atoms with Crippen LogP contribution in [-0.4, -0.2) is 30.4 Å². The molecule has 0 aromatic carbocycles. The van der Waals surface area contributed by atoms with Crippen molar-refractivity contribution in [1.82, 2.24) is 0 Å². The molecule has 0 radical (unpaired) electrons. The third-order valence-corrected chi connectivity index (χ3v) is 2.12. The summed E-state index contributed by atoms with van der Waals surface area (Å²) >= 11 is 0. The Morgan fingerprint density at radius 2 is 1.78 bits per heavy atom. The average molecular weight is 150 g/mol. The van der Waals surface area contributed by atoms with E-state index in [0.29, 0.717) is 0 Å². The van der Waals surface area contributed by atoms with Crippen molar-refractivity contribution in [3.8, 4) is 0 Å². The normalized spacial score (nSPS) is 10.7. The van der Waals surface area contributed by atoms with Crippen LogP contribution in [0.5, 0.6) is 0 Å². The van der Waals surface area contributed by atoms with Crippen LogP contribution in [0.1, 0.15) is 13.3 Å². The third-order valence-electron chi connectivity index (χ3n) is 0.843. The van der Waals surface area contributed by atoms with Crippen molar-refractivity contribution in [2.24, 2.45) is 0 Å². The van der Waals surface area contributed by atoms with Gasteiger partial charge in [0.1, 0.15) is 0 Å². The molecule has 0 N–H and O–H groups in total. The molecule has 0 heterocycles. The second-order valence-corrected chi connectivity index (χ2v) is 3.48. The molecule has 4 heteroatoms. The Labute approximate surface area is 57.9 Å². The molecule has 0 aliphatic heterocycles. The minimum atomic E-state index is -1.71. The summed E-state index contributed by atoms with van der Waals surface area (Å²) in [5, 5.41) is 0. The lowest BCUT2D eigenvalue weighted by atomic mass is 10.5. The molecule has 0 atom stereocenters. The van der Waals surface area contributed by atoms with Crippen LogP contribution in [-0.2, 0) is 13.3 Å². The highest BCUT2D eigenvalue weighted by Gasteiger charge is 2.08. The van der Waals surface area contributed by atoms with E-state index in [-0.39, 0.29) is 0 Å². The topological polar surface area (TPSA) is 27.7 Å². The molecule has 0 aromatic heterocycles. The molecule has 0 fully saturated rings. The predicted molar refractivity (Wildman–Crippen MR) is 37.4 cm³/mol. The molecule has 0 rings (SSSR count). The summed E-state index contributed by atoms with van der Waals surface area (Å²) in [4.78, 5) is 0. The maximum Gasteiger partial charge on any atom is 0.483 e. The van der Waals surface area contributed by atoms with Crippen LogP contribution in [0.4, 0.5) is 0 Å². The van der Waals surface area contributed by atoms with Crippen LogP contribution < -0.4 is 0 Å². The molecule has 0 bridgehead atoms.